The van der Waals surface area contributed by atoms with E-state index in [-0.39, 0.29) is 24.2 Å². The number of hydrogen-bond donors (Lipinski definition) is 3. The zero-order chi connectivity index (χ0) is 27.6. The molecule has 0 amide bonds. The van der Waals surface area contributed by atoms with Gasteiger partial charge in [0.25, 0.3) is 0 Å². The first kappa shape index (κ1) is 28.8. The van der Waals surface area contributed by atoms with Crippen LogP contribution in [0.15, 0.2) is 79.0 Å². The summed E-state index contributed by atoms with van der Waals surface area (Å²) in [5, 5.41) is 10.0. The van der Waals surface area contributed by atoms with Gasteiger partial charge in [-0.25, -0.2) is 23.4 Å². The summed E-state index contributed by atoms with van der Waals surface area (Å²) < 4.78 is 25.2. The van der Waals surface area contributed by atoms with Crippen molar-refractivity contribution in [3.05, 3.63) is 90.1 Å². The van der Waals surface area contributed by atoms with Crippen molar-refractivity contribution in [3.8, 4) is 11.3 Å². The number of anilines is 4. The predicted octanol–water partition coefficient (Wildman–Crippen LogP) is 5.96. The number of hydrogen-bond acceptors (Lipinski definition) is 8. The summed E-state index contributed by atoms with van der Waals surface area (Å²) in [6, 6.07) is 23.5. The van der Waals surface area contributed by atoms with E-state index in [4.69, 9.17) is 9.97 Å². The molecule has 0 saturated carbocycles. The molecule has 1 unspecified atom stereocenters. The normalized spacial score (nSPS) is 12.0. The van der Waals surface area contributed by atoms with Crippen molar-refractivity contribution in [3.63, 3.8) is 0 Å². The van der Waals surface area contributed by atoms with E-state index in [2.05, 4.69) is 50.6 Å². The van der Waals surface area contributed by atoms with Gasteiger partial charge in [0.05, 0.1) is 28.6 Å². The van der Waals surface area contributed by atoms with Crippen molar-refractivity contribution < 1.29 is 8.42 Å². The standard InChI is InChI=1S/C29H31N7O2S.ClH/c1-19(21-8-6-5-7-9-21)32-29-35-27-25(36(29)3)15-14-23(30-2)26(27)24-16-17-31-28(34-24)33-22-12-10-20(11-13-22)18-39(4,37)38;/h5-17,19,30H,18H2,1-4H3,(H,32,35)(H,31,33,34);1H. The number of fused-ring (bicyclic) bond motifs is 1. The second-order valence-electron chi connectivity index (χ2n) is 9.53. The molecule has 0 aliphatic heterocycles. The molecule has 0 spiro atoms. The van der Waals surface area contributed by atoms with Crippen LogP contribution in [0.25, 0.3) is 22.3 Å². The van der Waals surface area contributed by atoms with Crippen LogP contribution in [-0.2, 0) is 22.6 Å². The Bertz CT molecular complexity index is 1720. The van der Waals surface area contributed by atoms with Crippen LogP contribution in [0, 0.1) is 0 Å². The van der Waals surface area contributed by atoms with Crippen molar-refractivity contribution in [2.45, 2.75) is 18.7 Å². The van der Waals surface area contributed by atoms with E-state index in [1.165, 1.54) is 11.8 Å². The maximum Gasteiger partial charge on any atom is 0.227 e. The molecule has 3 N–H and O–H groups in total. The Kier molecular flexibility index (Phi) is 8.61. The number of halogens is 1. The van der Waals surface area contributed by atoms with Gasteiger partial charge in [-0.05, 0) is 48.4 Å². The number of aromatic nitrogens is 4. The Hall–Kier alpha value is -4.15. The van der Waals surface area contributed by atoms with Crippen LogP contribution in [0.1, 0.15) is 24.1 Å². The topological polar surface area (TPSA) is 114 Å². The molecule has 3 aromatic carbocycles. The molecule has 208 valence electrons. The predicted molar refractivity (Wildman–Crippen MR) is 165 cm³/mol. The lowest BCUT2D eigenvalue weighted by molar-refractivity contribution is 0.601. The van der Waals surface area contributed by atoms with Crippen LogP contribution in [0.5, 0.6) is 0 Å². The third kappa shape index (κ3) is 6.35. The van der Waals surface area contributed by atoms with Gasteiger partial charge in [0.15, 0.2) is 9.84 Å². The molecule has 0 aliphatic rings. The second kappa shape index (κ2) is 11.9. The monoisotopic (exact) mass is 577 g/mol. The van der Waals surface area contributed by atoms with Gasteiger partial charge in [-0.3, -0.25) is 0 Å². The molecular formula is C29H32ClN7O2S. The summed E-state index contributed by atoms with van der Waals surface area (Å²) in [5.74, 6) is 1.19. The Morgan fingerprint density at radius 1 is 0.950 bits per heavy atom. The maximum atomic E-state index is 11.6. The van der Waals surface area contributed by atoms with Gasteiger partial charge < -0.3 is 20.5 Å². The van der Waals surface area contributed by atoms with Crippen molar-refractivity contribution in [1.29, 1.82) is 0 Å². The number of rotatable bonds is 9. The molecule has 5 aromatic rings. The fourth-order valence-electron chi connectivity index (χ4n) is 4.55. The number of sulfone groups is 1. The molecule has 11 heteroatoms. The molecule has 0 fully saturated rings. The average Bonchev–Trinajstić information content (AvgIpc) is 3.23. The van der Waals surface area contributed by atoms with Gasteiger partial charge in [0, 0.05) is 37.9 Å². The third-order valence-corrected chi connectivity index (χ3v) is 7.38. The molecule has 9 nitrogen and oxygen atoms in total. The molecule has 0 saturated heterocycles. The quantitative estimate of drug-likeness (QED) is 0.197. The minimum atomic E-state index is -3.10. The van der Waals surface area contributed by atoms with Crippen molar-refractivity contribution in [1.82, 2.24) is 19.5 Å². The van der Waals surface area contributed by atoms with Crippen LogP contribution < -0.4 is 16.0 Å². The first-order chi connectivity index (χ1) is 18.7. The molecule has 0 radical (unpaired) electrons. The fourth-order valence-corrected chi connectivity index (χ4v) is 5.35. The SMILES string of the molecule is CNc1ccc2c(nc(NC(C)c3ccccc3)n2C)c1-c1ccnc(Nc2ccc(CS(C)(=O)=O)cc2)n1.Cl. The van der Waals surface area contributed by atoms with Gasteiger partial charge >= 0.3 is 0 Å². The zero-order valence-electron chi connectivity index (χ0n) is 22.7. The number of nitrogens with one attached hydrogen (secondary N) is 3. The summed E-state index contributed by atoms with van der Waals surface area (Å²) in [6.07, 6.45) is 2.93. The molecule has 0 bridgehead atoms. The van der Waals surface area contributed by atoms with E-state index >= 15 is 0 Å². The number of benzene rings is 3. The van der Waals surface area contributed by atoms with Crippen LogP contribution in [0.3, 0.4) is 0 Å². The lowest BCUT2D eigenvalue weighted by Gasteiger charge is -2.14. The minimum absolute atomic E-state index is 0. The Balaban J connectivity index is 0.00000370. The Labute approximate surface area is 240 Å². The number of nitrogens with zero attached hydrogens (tertiary/aromatic N) is 4. The molecule has 0 aliphatic carbocycles. The number of imidazole rings is 1. The van der Waals surface area contributed by atoms with Gasteiger partial charge in [0.2, 0.25) is 11.9 Å². The van der Waals surface area contributed by atoms with E-state index in [9.17, 15) is 8.42 Å². The zero-order valence-corrected chi connectivity index (χ0v) is 24.3. The Morgan fingerprint density at radius 2 is 1.68 bits per heavy atom. The highest BCUT2D eigenvalue weighted by Crippen LogP contribution is 2.36. The molecule has 5 rings (SSSR count). The van der Waals surface area contributed by atoms with E-state index in [1.54, 1.807) is 18.3 Å². The smallest absolute Gasteiger partial charge is 0.227 e. The largest absolute Gasteiger partial charge is 0.388 e. The first-order valence-electron chi connectivity index (χ1n) is 12.6. The van der Waals surface area contributed by atoms with Gasteiger partial charge in [-0.15, -0.1) is 12.4 Å². The van der Waals surface area contributed by atoms with Crippen molar-refractivity contribution in [2.75, 3.05) is 29.3 Å². The maximum absolute atomic E-state index is 11.6. The average molecular weight is 578 g/mol. The van der Waals surface area contributed by atoms with Crippen LogP contribution in [-0.4, -0.2) is 41.2 Å². The second-order valence-corrected chi connectivity index (χ2v) is 11.7. The van der Waals surface area contributed by atoms with E-state index < -0.39 is 9.84 Å². The molecule has 1 atom stereocenters. The van der Waals surface area contributed by atoms with Crippen LogP contribution in [0.2, 0.25) is 0 Å². The van der Waals surface area contributed by atoms with Gasteiger partial charge in [-0.1, -0.05) is 42.5 Å². The number of aryl methyl sites for hydroxylation is 1. The third-order valence-electron chi connectivity index (χ3n) is 6.52. The van der Waals surface area contributed by atoms with Crippen molar-refractivity contribution in [2.24, 2.45) is 7.05 Å². The fraction of sp³-hybridized carbons (Fsp3) is 0.207. The van der Waals surface area contributed by atoms with Gasteiger partial charge in [-0.2, -0.15) is 0 Å². The first-order valence-corrected chi connectivity index (χ1v) is 14.6. The molecule has 40 heavy (non-hydrogen) atoms. The Morgan fingerprint density at radius 3 is 2.35 bits per heavy atom. The molecule has 2 heterocycles. The van der Waals surface area contributed by atoms with E-state index in [0.29, 0.717) is 5.95 Å². The molecular weight excluding hydrogens is 546 g/mol. The van der Waals surface area contributed by atoms with Crippen LogP contribution in [0.4, 0.5) is 23.3 Å². The summed E-state index contributed by atoms with van der Waals surface area (Å²) in [7, 11) is 0.781. The van der Waals surface area contributed by atoms with Gasteiger partial charge in [0.1, 0.15) is 5.52 Å². The summed E-state index contributed by atoms with van der Waals surface area (Å²) in [6.45, 7) is 2.12. The minimum Gasteiger partial charge on any atom is -0.388 e. The summed E-state index contributed by atoms with van der Waals surface area (Å²) in [5.41, 5.74) is 6.95. The lowest BCUT2D eigenvalue weighted by atomic mass is 10.1. The highest BCUT2D eigenvalue weighted by Gasteiger charge is 2.19. The van der Waals surface area contributed by atoms with Crippen molar-refractivity contribution >= 4 is 56.5 Å². The van der Waals surface area contributed by atoms with Crippen LogP contribution >= 0.6 is 12.4 Å². The highest BCUT2D eigenvalue weighted by atomic mass is 35.5. The molecule has 2 aromatic heterocycles. The van der Waals surface area contributed by atoms with E-state index in [1.807, 2.05) is 56.6 Å². The summed E-state index contributed by atoms with van der Waals surface area (Å²) >= 11 is 0. The summed E-state index contributed by atoms with van der Waals surface area (Å²) in [4.78, 5) is 14.2. The van der Waals surface area contributed by atoms with E-state index in [0.717, 1.165) is 45.2 Å². The highest BCUT2D eigenvalue weighted by molar-refractivity contribution is 7.89. The lowest BCUT2D eigenvalue weighted by Crippen LogP contribution is -2.10.